The average Bonchev–Trinajstić information content (AvgIpc) is 3.16. The fourth-order valence-corrected chi connectivity index (χ4v) is 4.30. The van der Waals surface area contributed by atoms with Crippen LogP contribution in [0.1, 0.15) is 43.6 Å². The Kier molecular flexibility index (Phi) is 5.93. The van der Waals surface area contributed by atoms with Gasteiger partial charge in [0.1, 0.15) is 5.54 Å². The first-order valence-corrected chi connectivity index (χ1v) is 11.1. The molecule has 0 radical (unpaired) electrons. The predicted molar refractivity (Wildman–Crippen MR) is 124 cm³/mol. The van der Waals surface area contributed by atoms with E-state index in [1.54, 1.807) is 29.8 Å². The molecule has 3 heterocycles. The smallest absolute Gasteiger partial charge is 0.322 e. The lowest BCUT2D eigenvalue weighted by molar-refractivity contribution is -0.141. The summed E-state index contributed by atoms with van der Waals surface area (Å²) in [6, 6.07) is 12.5. The van der Waals surface area contributed by atoms with Crippen LogP contribution in [0.4, 0.5) is 4.79 Å². The number of hydrogen-bond donors (Lipinski definition) is 2. The second-order valence-corrected chi connectivity index (χ2v) is 8.85. The molecule has 2 aromatic rings. The number of carbonyl (C=O) groups excluding carboxylic acids is 3. The van der Waals surface area contributed by atoms with Gasteiger partial charge in [-0.3, -0.25) is 19.5 Å². The highest BCUT2D eigenvalue weighted by Gasteiger charge is 2.49. The summed E-state index contributed by atoms with van der Waals surface area (Å²) in [4.78, 5) is 47.0. The lowest BCUT2D eigenvalue weighted by atomic mass is 9.94. The number of amides is 4. The zero-order valence-electron chi connectivity index (χ0n) is 19.4. The van der Waals surface area contributed by atoms with E-state index in [0.29, 0.717) is 17.8 Å². The van der Waals surface area contributed by atoms with E-state index in [4.69, 9.17) is 0 Å². The van der Waals surface area contributed by atoms with Gasteiger partial charge < -0.3 is 15.5 Å². The maximum Gasteiger partial charge on any atom is 0.322 e. The number of nitrogens with one attached hydrogen (secondary N) is 2. The van der Waals surface area contributed by atoms with Gasteiger partial charge in [0.2, 0.25) is 5.91 Å². The summed E-state index contributed by atoms with van der Waals surface area (Å²) in [5.74, 6) is -0.525. The van der Waals surface area contributed by atoms with E-state index in [2.05, 4.69) is 15.6 Å². The number of nitrogens with zero attached hydrogens (tertiary/aromatic N) is 3. The van der Waals surface area contributed by atoms with Crippen molar-refractivity contribution in [3.05, 3.63) is 76.8 Å². The number of benzene rings is 1. The molecule has 33 heavy (non-hydrogen) atoms. The second kappa shape index (κ2) is 8.69. The van der Waals surface area contributed by atoms with Gasteiger partial charge in [-0.25, -0.2) is 4.79 Å². The summed E-state index contributed by atoms with van der Waals surface area (Å²) < 4.78 is 0. The average molecular weight is 448 g/mol. The van der Waals surface area contributed by atoms with Crippen LogP contribution in [-0.2, 0) is 16.1 Å². The van der Waals surface area contributed by atoms with Crippen molar-refractivity contribution < 1.29 is 14.4 Å². The number of pyridine rings is 1. The van der Waals surface area contributed by atoms with Crippen LogP contribution in [0.15, 0.2) is 59.9 Å². The maximum absolute atomic E-state index is 13.7. The topological polar surface area (TPSA) is 94.6 Å². The molecule has 1 unspecified atom stereocenters. The van der Waals surface area contributed by atoms with Gasteiger partial charge in [0.15, 0.2) is 0 Å². The summed E-state index contributed by atoms with van der Waals surface area (Å²) in [7, 11) is 0. The normalized spacial score (nSPS) is 18.4. The van der Waals surface area contributed by atoms with Gasteiger partial charge in [-0.15, -0.1) is 0 Å². The Hall–Kier alpha value is -3.68. The molecule has 172 valence electrons. The number of likely N-dealkylation sites (N-methyl/N-ethyl adjacent to an activating group) is 1. The van der Waals surface area contributed by atoms with Crippen LogP contribution in [0, 0.1) is 6.92 Å². The van der Waals surface area contributed by atoms with Crippen LogP contribution in [0.25, 0.3) is 0 Å². The van der Waals surface area contributed by atoms with E-state index in [0.717, 1.165) is 16.8 Å². The quantitative estimate of drug-likeness (QED) is 0.712. The van der Waals surface area contributed by atoms with Gasteiger partial charge in [0, 0.05) is 12.7 Å². The molecule has 2 N–H and O–H groups in total. The van der Waals surface area contributed by atoms with Crippen molar-refractivity contribution in [3.63, 3.8) is 0 Å². The van der Waals surface area contributed by atoms with Crippen LogP contribution in [0.3, 0.4) is 0 Å². The molecule has 2 aliphatic rings. The van der Waals surface area contributed by atoms with Gasteiger partial charge in [-0.1, -0.05) is 35.9 Å². The highest BCUT2D eigenvalue weighted by Crippen LogP contribution is 2.38. The minimum Gasteiger partial charge on any atom is -0.348 e. The molecular weight excluding hydrogens is 418 g/mol. The number of aromatic nitrogens is 1. The Morgan fingerprint density at radius 3 is 2.55 bits per heavy atom. The van der Waals surface area contributed by atoms with Crippen molar-refractivity contribution >= 4 is 17.8 Å². The van der Waals surface area contributed by atoms with Gasteiger partial charge in [-0.2, -0.15) is 0 Å². The molecule has 8 nitrogen and oxygen atoms in total. The fraction of sp³-hybridized carbons (Fsp3) is 0.360. The first-order valence-electron chi connectivity index (χ1n) is 11.1. The van der Waals surface area contributed by atoms with Crippen molar-refractivity contribution in [1.82, 2.24) is 25.4 Å². The molecule has 0 saturated carbocycles. The Labute approximate surface area is 193 Å². The summed E-state index contributed by atoms with van der Waals surface area (Å²) >= 11 is 0. The standard InChI is InChI=1S/C25H29N5O3/c1-5-29-19-15-30(25(3,4)23(32)27-14-18-8-6-7-13-26-18)22(31)20(19)21(28-24(29)33)17-11-9-16(2)10-12-17/h6-13,21H,5,14-15H2,1-4H3,(H,27,32)(H,28,33). The Bertz CT molecular complexity index is 1110. The monoisotopic (exact) mass is 447 g/mol. The molecule has 0 aliphatic carbocycles. The lowest BCUT2D eigenvalue weighted by Gasteiger charge is -2.34. The van der Waals surface area contributed by atoms with Crippen LogP contribution >= 0.6 is 0 Å². The Morgan fingerprint density at radius 2 is 1.91 bits per heavy atom. The van der Waals surface area contributed by atoms with E-state index < -0.39 is 11.6 Å². The van der Waals surface area contributed by atoms with E-state index in [1.165, 1.54) is 0 Å². The molecule has 0 saturated heterocycles. The molecule has 0 bridgehead atoms. The van der Waals surface area contributed by atoms with E-state index in [-0.39, 0.29) is 30.9 Å². The van der Waals surface area contributed by atoms with E-state index in [9.17, 15) is 14.4 Å². The lowest BCUT2D eigenvalue weighted by Crippen LogP contribution is -2.56. The molecule has 8 heteroatoms. The van der Waals surface area contributed by atoms with Gasteiger partial charge in [0.25, 0.3) is 5.91 Å². The number of carbonyl (C=O) groups is 3. The SMILES string of the molecule is CCN1C(=O)NC(c2ccc(C)cc2)C2=C1CN(C(C)(C)C(=O)NCc1ccccn1)C2=O. The van der Waals surface area contributed by atoms with Crippen LogP contribution in [0.2, 0.25) is 0 Å². The van der Waals surface area contributed by atoms with Crippen molar-refractivity contribution in [3.8, 4) is 0 Å². The molecule has 1 aromatic carbocycles. The molecule has 2 aliphatic heterocycles. The van der Waals surface area contributed by atoms with E-state index >= 15 is 0 Å². The van der Waals surface area contributed by atoms with Crippen molar-refractivity contribution in [2.24, 2.45) is 0 Å². The molecule has 1 atom stereocenters. The molecule has 4 amide bonds. The van der Waals surface area contributed by atoms with Crippen LogP contribution in [0.5, 0.6) is 0 Å². The number of urea groups is 1. The molecular formula is C25H29N5O3. The highest BCUT2D eigenvalue weighted by atomic mass is 16.2. The maximum atomic E-state index is 13.7. The molecule has 0 spiro atoms. The zero-order valence-corrected chi connectivity index (χ0v) is 19.4. The van der Waals surface area contributed by atoms with E-state index in [1.807, 2.05) is 56.3 Å². The Balaban J connectivity index is 1.61. The first-order chi connectivity index (χ1) is 15.7. The van der Waals surface area contributed by atoms with Gasteiger partial charge >= 0.3 is 6.03 Å². The predicted octanol–water partition coefficient (Wildman–Crippen LogP) is 2.67. The minimum atomic E-state index is -1.12. The van der Waals surface area contributed by atoms with Crippen LogP contribution in [-0.4, -0.2) is 51.3 Å². The van der Waals surface area contributed by atoms with Crippen molar-refractivity contribution in [2.45, 2.75) is 45.8 Å². The summed E-state index contributed by atoms with van der Waals surface area (Å²) in [6.45, 7) is 8.20. The first kappa shape index (κ1) is 22.5. The molecule has 1 aromatic heterocycles. The minimum absolute atomic E-state index is 0.196. The third-order valence-electron chi connectivity index (χ3n) is 6.34. The number of rotatable bonds is 6. The number of aryl methyl sites for hydroxylation is 1. The summed E-state index contributed by atoms with van der Waals surface area (Å²) in [5, 5.41) is 5.87. The number of hydrogen-bond acceptors (Lipinski definition) is 4. The highest BCUT2D eigenvalue weighted by molar-refractivity contribution is 6.04. The zero-order chi connectivity index (χ0) is 23.8. The largest absolute Gasteiger partial charge is 0.348 e. The Morgan fingerprint density at radius 1 is 1.18 bits per heavy atom. The van der Waals surface area contributed by atoms with Gasteiger partial charge in [-0.05, 0) is 45.4 Å². The van der Waals surface area contributed by atoms with Crippen molar-refractivity contribution in [2.75, 3.05) is 13.1 Å². The fourth-order valence-electron chi connectivity index (χ4n) is 4.30. The van der Waals surface area contributed by atoms with Gasteiger partial charge in [0.05, 0.1) is 36.1 Å². The third kappa shape index (κ3) is 4.08. The summed E-state index contributed by atoms with van der Waals surface area (Å²) in [6.07, 6.45) is 1.67. The second-order valence-electron chi connectivity index (χ2n) is 8.85. The van der Waals surface area contributed by atoms with Crippen molar-refractivity contribution in [1.29, 1.82) is 0 Å². The van der Waals surface area contributed by atoms with Crippen LogP contribution < -0.4 is 10.6 Å². The third-order valence-corrected chi connectivity index (χ3v) is 6.34. The summed E-state index contributed by atoms with van der Waals surface area (Å²) in [5.41, 5.74) is 2.72. The molecule has 0 fully saturated rings. The molecule has 4 rings (SSSR count).